The summed E-state index contributed by atoms with van der Waals surface area (Å²) in [5, 5.41) is 14.6. The summed E-state index contributed by atoms with van der Waals surface area (Å²) in [7, 11) is 0. The van der Waals surface area contributed by atoms with Crippen molar-refractivity contribution in [3.63, 3.8) is 0 Å². The lowest BCUT2D eigenvalue weighted by atomic mass is 10.3. The Hall–Kier alpha value is -2.36. The summed E-state index contributed by atoms with van der Waals surface area (Å²) in [5.41, 5.74) is 2.77. The van der Waals surface area contributed by atoms with Gasteiger partial charge < -0.3 is 4.74 Å². The zero-order valence-electron chi connectivity index (χ0n) is 14.5. The van der Waals surface area contributed by atoms with Crippen molar-refractivity contribution in [3.05, 3.63) is 35.1 Å². The molecule has 0 atom stereocenters. The minimum Gasteiger partial charge on any atom is -0.379 e. The molecule has 5 rings (SSSR count). The first-order chi connectivity index (χ1) is 12.8. The van der Waals surface area contributed by atoms with Gasteiger partial charge in [0.25, 0.3) is 0 Å². The van der Waals surface area contributed by atoms with E-state index in [1.54, 1.807) is 11.3 Å². The predicted octanol–water partition coefficient (Wildman–Crippen LogP) is 1.68. The van der Waals surface area contributed by atoms with Crippen LogP contribution in [0.5, 0.6) is 0 Å². The number of hydrogen-bond donors (Lipinski definition) is 0. The zero-order chi connectivity index (χ0) is 17.5. The molecule has 0 N–H and O–H groups in total. The topological polar surface area (TPSA) is 72.8 Å². The molecule has 1 aliphatic heterocycles. The van der Waals surface area contributed by atoms with E-state index in [2.05, 4.69) is 20.1 Å². The van der Waals surface area contributed by atoms with E-state index >= 15 is 0 Å². The molecular formula is C17H19N7OS. The number of nitrogens with zero attached hydrogens (tertiary/aromatic N) is 7. The van der Waals surface area contributed by atoms with Crippen LogP contribution in [0.3, 0.4) is 0 Å². The minimum atomic E-state index is 0.741. The molecule has 1 aliphatic rings. The number of imidazole rings is 1. The second kappa shape index (κ2) is 6.42. The van der Waals surface area contributed by atoms with E-state index in [-0.39, 0.29) is 0 Å². The molecule has 4 aromatic rings. The van der Waals surface area contributed by atoms with E-state index in [4.69, 9.17) is 9.84 Å². The van der Waals surface area contributed by atoms with Gasteiger partial charge in [-0.3, -0.25) is 9.30 Å². The standard InChI is InChI=1S/C17H19N7OS/c1-12-15(23-6-3-2-4-13(23)18-12)16-19-20-17-24(16)21-14(26-17)5-7-22-8-10-25-11-9-22/h2-4,6H,5,7-11H2,1H3. The van der Waals surface area contributed by atoms with Gasteiger partial charge in [0.15, 0.2) is 0 Å². The Morgan fingerprint density at radius 2 is 2.08 bits per heavy atom. The first-order valence-electron chi connectivity index (χ1n) is 8.75. The Balaban J connectivity index is 1.47. The number of fused-ring (bicyclic) bond motifs is 2. The van der Waals surface area contributed by atoms with Crippen LogP contribution in [0.1, 0.15) is 10.7 Å². The average Bonchev–Trinajstić information content (AvgIpc) is 3.32. The van der Waals surface area contributed by atoms with Crippen molar-refractivity contribution in [1.29, 1.82) is 0 Å². The molecule has 1 fully saturated rings. The molecule has 0 radical (unpaired) electrons. The van der Waals surface area contributed by atoms with Gasteiger partial charge in [-0.25, -0.2) is 4.98 Å². The van der Waals surface area contributed by atoms with Crippen molar-refractivity contribution >= 4 is 21.9 Å². The van der Waals surface area contributed by atoms with Crippen LogP contribution < -0.4 is 0 Å². The van der Waals surface area contributed by atoms with E-state index in [0.29, 0.717) is 0 Å². The molecule has 4 aromatic heterocycles. The highest BCUT2D eigenvalue weighted by Crippen LogP contribution is 2.25. The van der Waals surface area contributed by atoms with Crippen LogP contribution in [-0.2, 0) is 11.2 Å². The van der Waals surface area contributed by atoms with Gasteiger partial charge in [0, 0.05) is 32.3 Å². The maximum absolute atomic E-state index is 5.41. The second-order valence-electron chi connectivity index (χ2n) is 6.39. The molecule has 0 spiro atoms. The average molecular weight is 369 g/mol. The molecular weight excluding hydrogens is 350 g/mol. The molecule has 9 heteroatoms. The van der Waals surface area contributed by atoms with Crippen molar-refractivity contribution in [2.75, 3.05) is 32.8 Å². The Morgan fingerprint density at radius 1 is 1.19 bits per heavy atom. The lowest BCUT2D eigenvalue weighted by Gasteiger charge is -2.25. The quantitative estimate of drug-likeness (QED) is 0.545. The molecule has 134 valence electrons. The first kappa shape index (κ1) is 15.9. The van der Waals surface area contributed by atoms with Gasteiger partial charge in [0.05, 0.1) is 18.9 Å². The molecule has 1 saturated heterocycles. The molecule has 26 heavy (non-hydrogen) atoms. The predicted molar refractivity (Wildman–Crippen MR) is 98.5 cm³/mol. The Bertz CT molecular complexity index is 1060. The van der Waals surface area contributed by atoms with Crippen molar-refractivity contribution in [2.45, 2.75) is 13.3 Å². The number of aryl methyl sites for hydroxylation is 1. The summed E-state index contributed by atoms with van der Waals surface area (Å²) in [6.07, 6.45) is 2.91. The van der Waals surface area contributed by atoms with Crippen LogP contribution in [0, 0.1) is 6.92 Å². The van der Waals surface area contributed by atoms with Crippen molar-refractivity contribution < 1.29 is 4.74 Å². The summed E-state index contributed by atoms with van der Waals surface area (Å²) < 4.78 is 9.30. The molecule has 0 aromatic carbocycles. The van der Waals surface area contributed by atoms with Crippen molar-refractivity contribution in [3.8, 4) is 11.5 Å². The number of hydrogen-bond acceptors (Lipinski definition) is 7. The van der Waals surface area contributed by atoms with Gasteiger partial charge in [-0.2, -0.15) is 9.61 Å². The Labute approximate surface area is 154 Å². The monoisotopic (exact) mass is 369 g/mol. The van der Waals surface area contributed by atoms with Crippen molar-refractivity contribution in [2.24, 2.45) is 0 Å². The van der Waals surface area contributed by atoms with Gasteiger partial charge in [-0.1, -0.05) is 17.4 Å². The highest BCUT2D eigenvalue weighted by Gasteiger charge is 2.20. The highest BCUT2D eigenvalue weighted by molar-refractivity contribution is 7.16. The summed E-state index contributed by atoms with van der Waals surface area (Å²) in [4.78, 5) is 7.86. The lowest BCUT2D eigenvalue weighted by Crippen LogP contribution is -2.37. The maximum Gasteiger partial charge on any atom is 0.235 e. The number of aromatic nitrogens is 6. The number of rotatable bonds is 4. The second-order valence-corrected chi connectivity index (χ2v) is 7.43. The van der Waals surface area contributed by atoms with Gasteiger partial charge >= 0.3 is 0 Å². The van der Waals surface area contributed by atoms with E-state index in [1.807, 2.05) is 40.2 Å². The smallest absolute Gasteiger partial charge is 0.235 e. The lowest BCUT2D eigenvalue weighted by molar-refractivity contribution is 0.0384. The SMILES string of the molecule is Cc1nc2ccccn2c1-c1nnc2sc(CCN3CCOCC3)nn12. The number of pyridine rings is 1. The third-order valence-corrected chi connectivity index (χ3v) is 5.65. The zero-order valence-corrected chi connectivity index (χ0v) is 15.3. The van der Waals surface area contributed by atoms with Crippen LogP contribution in [-0.4, -0.2) is 66.9 Å². The Morgan fingerprint density at radius 3 is 2.96 bits per heavy atom. The fourth-order valence-electron chi connectivity index (χ4n) is 3.37. The normalized spacial score (nSPS) is 16.0. The largest absolute Gasteiger partial charge is 0.379 e. The minimum absolute atomic E-state index is 0.741. The third-order valence-electron chi connectivity index (χ3n) is 4.69. The molecule has 0 aliphatic carbocycles. The van der Waals surface area contributed by atoms with Crippen LogP contribution in [0.2, 0.25) is 0 Å². The van der Waals surface area contributed by atoms with Gasteiger partial charge in [0.2, 0.25) is 10.8 Å². The summed E-state index contributed by atoms with van der Waals surface area (Å²) in [6.45, 7) is 6.63. The van der Waals surface area contributed by atoms with Crippen LogP contribution in [0.15, 0.2) is 24.4 Å². The summed E-state index contributed by atoms with van der Waals surface area (Å²) >= 11 is 1.61. The van der Waals surface area contributed by atoms with Crippen molar-refractivity contribution in [1.82, 2.24) is 34.1 Å². The fraction of sp³-hybridized carbons (Fsp3) is 0.412. The van der Waals surface area contributed by atoms with E-state index in [0.717, 1.165) is 72.1 Å². The molecule has 0 amide bonds. The van der Waals surface area contributed by atoms with Crippen LogP contribution in [0.25, 0.3) is 22.1 Å². The number of morpholine rings is 1. The third kappa shape index (κ3) is 2.68. The molecule has 8 nitrogen and oxygen atoms in total. The molecule has 0 bridgehead atoms. The van der Waals surface area contributed by atoms with E-state index in [9.17, 15) is 0 Å². The number of ether oxygens (including phenoxy) is 1. The van der Waals surface area contributed by atoms with E-state index in [1.165, 1.54) is 0 Å². The van der Waals surface area contributed by atoms with E-state index < -0.39 is 0 Å². The fourth-order valence-corrected chi connectivity index (χ4v) is 4.19. The van der Waals surface area contributed by atoms with Gasteiger partial charge in [-0.05, 0) is 19.1 Å². The highest BCUT2D eigenvalue weighted by atomic mass is 32.1. The molecule has 0 saturated carbocycles. The van der Waals surface area contributed by atoms with Gasteiger partial charge in [-0.15, -0.1) is 10.2 Å². The molecule has 0 unspecified atom stereocenters. The maximum atomic E-state index is 5.41. The summed E-state index contributed by atoms with van der Waals surface area (Å²) in [6, 6.07) is 5.96. The Kier molecular flexibility index (Phi) is 3.92. The first-order valence-corrected chi connectivity index (χ1v) is 9.56. The van der Waals surface area contributed by atoms with Crippen LogP contribution >= 0.6 is 11.3 Å². The van der Waals surface area contributed by atoms with Gasteiger partial charge in [0.1, 0.15) is 16.3 Å². The molecule has 5 heterocycles. The summed E-state index contributed by atoms with van der Waals surface area (Å²) in [5.74, 6) is 0.741. The van der Waals surface area contributed by atoms with Crippen LogP contribution in [0.4, 0.5) is 0 Å².